The minimum atomic E-state index is -0.286. The van der Waals surface area contributed by atoms with Gasteiger partial charge in [0.05, 0.1) is 16.8 Å². The predicted octanol–water partition coefficient (Wildman–Crippen LogP) is 6.19. The molecule has 1 aromatic heterocycles. The molecule has 0 fully saturated rings. The Morgan fingerprint density at radius 1 is 1.09 bits per heavy atom. The van der Waals surface area contributed by atoms with Gasteiger partial charge in [-0.15, -0.1) is 11.3 Å². The second-order valence-electron chi connectivity index (χ2n) is 7.35. The van der Waals surface area contributed by atoms with Crippen molar-refractivity contribution in [2.24, 2.45) is 0 Å². The Bertz CT molecular complexity index is 1270. The van der Waals surface area contributed by atoms with Crippen LogP contribution in [0.2, 0.25) is 0 Å². The van der Waals surface area contributed by atoms with E-state index in [-0.39, 0.29) is 11.0 Å². The quantitative estimate of drug-likeness (QED) is 0.335. The molecule has 7 heteroatoms. The summed E-state index contributed by atoms with van der Waals surface area (Å²) in [6, 6.07) is 21.2. The molecule has 0 aliphatic rings. The number of amides is 1. The van der Waals surface area contributed by atoms with Crippen LogP contribution in [-0.2, 0) is 0 Å². The first-order valence-electron chi connectivity index (χ1n) is 10.3. The van der Waals surface area contributed by atoms with Gasteiger partial charge in [-0.25, -0.2) is 4.98 Å². The number of benzene rings is 3. The molecule has 2 N–H and O–H groups in total. The van der Waals surface area contributed by atoms with E-state index < -0.39 is 0 Å². The minimum Gasteiger partial charge on any atom is -0.494 e. The van der Waals surface area contributed by atoms with Gasteiger partial charge < -0.3 is 10.1 Å². The van der Waals surface area contributed by atoms with Crippen molar-refractivity contribution in [3.8, 4) is 16.3 Å². The van der Waals surface area contributed by atoms with Gasteiger partial charge in [-0.1, -0.05) is 19.1 Å². The number of nitrogens with one attached hydrogen (secondary N) is 2. The fourth-order valence-electron chi connectivity index (χ4n) is 3.14. The first-order chi connectivity index (χ1) is 15.5. The van der Waals surface area contributed by atoms with Crippen molar-refractivity contribution >= 4 is 50.5 Å². The lowest BCUT2D eigenvalue weighted by Crippen LogP contribution is -2.34. The van der Waals surface area contributed by atoms with Crippen LogP contribution in [0.15, 0.2) is 66.7 Å². The van der Waals surface area contributed by atoms with Crippen LogP contribution >= 0.6 is 23.6 Å². The summed E-state index contributed by atoms with van der Waals surface area (Å²) in [6.45, 7) is 4.72. The molecule has 5 nitrogen and oxygen atoms in total. The number of carbonyl (C=O) groups excluding carboxylic acids is 1. The van der Waals surface area contributed by atoms with Gasteiger partial charge in [-0.05, 0) is 85.7 Å². The molecule has 0 saturated heterocycles. The maximum absolute atomic E-state index is 12.5. The van der Waals surface area contributed by atoms with Crippen LogP contribution in [-0.4, -0.2) is 22.6 Å². The molecule has 0 aliphatic heterocycles. The molecular weight excluding hydrogens is 438 g/mol. The lowest BCUT2D eigenvalue weighted by atomic mass is 10.2. The van der Waals surface area contributed by atoms with E-state index >= 15 is 0 Å². The van der Waals surface area contributed by atoms with E-state index in [4.69, 9.17) is 21.9 Å². The third-order valence-electron chi connectivity index (χ3n) is 4.73. The van der Waals surface area contributed by atoms with Crippen LogP contribution in [0.1, 0.15) is 29.3 Å². The normalized spacial score (nSPS) is 10.7. The second kappa shape index (κ2) is 9.89. The van der Waals surface area contributed by atoms with E-state index in [1.807, 2.05) is 43.3 Å². The van der Waals surface area contributed by atoms with Gasteiger partial charge in [0.1, 0.15) is 10.8 Å². The van der Waals surface area contributed by atoms with E-state index in [1.54, 1.807) is 29.5 Å². The molecule has 3 aromatic carbocycles. The molecule has 0 spiro atoms. The first-order valence-corrected chi connectivity index (χ1v) is 11.6. The topological polar surface area (TPSA) is 63.2 Å². The SMILES string of the molecule is CCCOc1cccc(C(=O)NC(=S)Nc2ccc(-c3nc4ccc(C)cc4s3)cc2)c1. The fraction of sp³-hybridized carbons (Fsp3) is 0.160. The number of thiazole rings is 1. The molecule has 0 unspecified atom stereocenters. The highest BCUT2D eigenvalue weighted by atomic mass is 32.1. The van der Waals surface area contributed by atoms with Gasteiger partial charge in [-0.3, -0.25) is 10.1 Å². The monoisotopic (exact) mass is 461 g/mol. The Morgan fingerprint density at radius 2 is 1.91 bits per heavy atom. The van der Waals surface area contributed by atoms with E-state index in [1.165, 1.54) is 10.3 Å². The van der Waals surface area contributed by atoms with E-state index in [9.17, 15) is 4.79 Å². The van der Waals surface area contributed by atoms with Crippen molar-refractivity contribution in [1.29, 1.82) is 0 Å². The van der Waals surface area contributed by atoms with Crippen LogP contribution < -0.4 is 15.4 Å². The summed E-state index contributed by atoms with van der Waals surface area (Å²) < 4.78 is 6.76. The molecule has 0 saturated carbocycles. The average molecular weight is 462 g/mol. The van der Waals surface area contributed by atoms with E-state index in [2.05, 4.69) is 29.7 Å². The molecule has 0 atom stereocenters. The first kappa shape index (κ1) is 21.9. The summed E-state index contributed by atoms with van der Waals surface area (Å²) in [6.07, 6.45) is 0.905. The number of rotatable bonds is 6. The van der Waals surface area contributed by atoms with Crippen LogP contribution in [0.5, 0.6) is 5.75 Å². The van der Waals surface area contributed by atoms with Crippen molar-refractivity contribution in [1.82, 2.24) is 10.3 Å². The van der Waals surface area contributed by atoms with E-state index in [0.717, 1.165) is 28.2 Å². The van der Waals surface area contributed by atoms with Crippen LogP contribution in [0.25, 0.3) is 20.8 Å². The number of thiocarbonyl (C=S) groups is 1. The number of hydrogen-bond donors (Lipinski definition) is 2. The van der Waals surface area contributed by atoms with E-state index in [0.29, 0.717) is 17.9 Å². The highest BCUT2D eigenvalue weighted by Gasteiger charge is 2.10. The molecule has 4 aromatic rings. The summed E-state index contributed by atoms with van der Waals surface area (Å²) in [5, 5.41) is 6.97. The fourth-order valence-corrected chi connectivity index (χ4v) is 4.42. The van der Waals surface area contributed by atoms with Gasteiger partial charge in [0.2, 0.25) is 0 Å². The Kier molecular flexibility index (Phi) is 6.78. The van der Waals surface area contributed by atoms with Gasteiger partial charge in [0.15, 0.2) is 5.11 Å². The van der Waals surface area contributed by atoms with Crippen molar-refractivity contribution in [3.63, 3.8) is 0 Å². The number of fused-ring (bicyclic) bond motifs is 1. The Balaban J connectivity index is 1.38. The summed E-state index contributed by atoms with van der Waals surface area (Å²) in [5.41, 5.74) is 4.54. The number of nitrogens with zero attached hydrogens (tertiary/aromatic N) is 1. The zero-order chi connectivity index (χ0) is 22.5. The van der Waals surface area contributed by atoms with Crippen LogP contribution in [0.4, 0.5) is 5.69 Å². The smallest absolute Gasteiger partial charge is 0.257 e. The maximum atomic E-state index is 12.5. The summed E-state index contributed by atoms with van der Waals surface area (Å²) in [5.74, 6) is 0.379. The zero-order valence-corrected chi connectivity index (χ0v) is 19.5. The van der Waals surface area contributed by atoms with Gasteiger partial charge in [0, 0.05) is 16.8 Å². The third-order valence-corrected chi connectivity index (χ3v) is 6.00. The highest BCUT2D eigenvalue weighted by Crippen LogP contribution is 2.31. The van der Waals surface area contributed by atoms with Crippen molar-refractivity contribution in [2.75, 3.05) is 11.9 Å². The number of anilines is 1. The molecular formula is C25H23N3O2S2. The molecule has 32 heavy (non-hydrogen) atoms. The molecule has 4 rings (SSSR count). The van der Waals surface area contributed by atoms with Crippen LogP contribution in [0.3, 0.4) is 0 Å². The van der Waals surface area contributed by atoms with Crippen LogP contribution in [0, 0.1) is 6.92 Å². The lowest BCUT2D eigenvalue weighted by Gasteiger charge is -2.11. The Morgan fingerprint density at radius 3 is 2.69 bits per heavy atom. The van der Waals surface area contributed by atoms with Gasteiger partial charge in [0.25, 0.3) is 5.91 Å². The van der Waals surface area contributed by atoms with Gasteiger partial charge in [-0.2, -0.15) is 0 Å². The van der Waals surface area contributed by atoms with Crippen molar-refractivity contribution in [3.05, 3.63) is 77.9 Å². The van der Waals surface area contributed by atoms with Gasteiger partial charge >= 0.3 is 0 Å². The summed E-state index contributed by atoms with van der Waals surface area (Å²) >= 11 is 6.98. The Labute approximate surface area is 196 Å². The molecule has 162 valence electrons. The standard InChI is InChI=1S/C25H23N3O2S2/c1-3-13-30-20-6-4-5-18(15-20)23(29)28-25(31)26-19-10-8-17(9-11-19)24-27-21-12-7-16(2)14-22(21)32-24/h4-12,14-15H,3,13H2,1-2H3,(H2,26,28,29,31). The largest absolute Gasteiger partial charge is 0.494 e. The molecule has 0 radical (unpaired) electrons. The van der Waals surface area contributed by atoms with Crippen molar-refractivity contribution in [2.45, 2.75) is 20.3 Å². The molecule has 1 heterocycles. The number of aryl methyl sites for hydroxylation is 1. The third kappa shape index (κ3) is 5.30. The molecule has 1 amide bonds. The Hall–Kier alpha value is -3.29. The summed E-state index contributed by atoms with van der Waals surface area (Å²) in [7, 11) is 0. The zero-order valence-electron chi connectivity index (χ0n) is 17.8. The maximum Gasteiger partial charge on any atom is 0.257 e. The minimum absolute atomic E-state index is 0.234. The number of carbonyl (C=O) groups is 1. The number of aromatic nitrogens is 1. The lowest BCUT2D eigenvalue weighted by molar-refractivity contribution is 0.0977. The number of hydrogen-bond acceptors (Lipinski definition) is 5. The summed E-state index contributed by atoms with van der Waals surface area (Å²) in [4.78, 5) is 17.2. The number of ether oxygens (including phenoxy) is 1. The second-order valence-corrected chi connectivity index (χ2v) is 8.79. The predicted molar refractivity (Wildman–Crippen MR) is 136 cm³/mol. The average Bonchev–Trinajstić information content (AvgIpc) is 3.21. The molecule has 0 bridgehead atoms. The highest BCUT2D eigenvalue weighted by molar-refractivity contribution is 7.80. The molecule has 0 aliphatic carbocycles. The van der Waals surface area contributed by atoms with Crippen molar-refractivity contribution < 1.29 is 9.53 Å².